The van der Waals surface area contributed by atoms with E-state index in [1.807, 2.05) is 0 Å². The van der Waals surface area contributed by atoms with Gasteiger partial charge in [-0.15, -0.1) is 0 Å². The largest absolute Gasteiger partial charge is 0.309 e. The van der Waals surface area contributed by atoms with Crippen molar-refractivity contribution in [3.05, 3.63) is 267 Å². The molecule has 1 aromatic heterocycles. The molecule has 0 radical (unpaired) electrons. The molecule has 0 saturated carbocycles. The molecule has 4 heteroatoms. The smallest absolute Gasteiger partial charge is 0.0949 e. The molecule has 0 aliphatic carbocycles. The van der Waals surface area contributed by atoms with Crippen LogP contribution in [0.1, 0.15) is 0 Å². The van der Waals surface area contributed by atoms with Crippen LogP contribution >= 0.6 is 0 Å². The number of nitrogens with zero attached hydrogens (tertiary/aromatic N) is 4. The van der Waals surface area contributed by atoms with Gasteiger partial charge in [0.15, 0.2) is 0 Å². The highest BCUT2D eigenvalue weighted by molar-refractivity contribution is 6.15. The van der Waals surface area contributed by atoms with Crippen molar-refractivity contribution < 1.29 is 0 Å². The average Bonchev–Trinajstić information content (AvgIpc) is 3.78. The van der Waals surface area contributed by atoms with E-state index in [1.54, 1.807) is 0 Å². The number of hydrogen-bond acceptors (Lipinski definition) is 3. The minimum Gasteiger partial charge on any atom is -0.309 e. The van der Waals surface area contributed by atoms with Gasteiger partial charge in [0.05, 0.1) is 56.5 Å². The van der Waals surface area contributed by atoms with E-state index in [4.69, 9.17) is 0 Å². The highest BCUT2D eigenvalue weighted by atomic mass is 15.3. The quantitative estimate of drug-likeness (QED) is 0.158. The number of anilines is 9. The molecule has 4 nitrogen and oxygen atoms in total. The molecule has 0 spiro atoms. The zero-order chi connectivity index (χ0) is 46.1. The van der Waals surface area contributed by atoms with Gasteiger partial charge < -0.3 is 19.3 Å². The number of para-hydroxylation sites is 2. The first kappa shape index (κ1) is 39.8. The van der Waals surface area contributed by atoms with Crippen molar-refractivity contribution in [1.29, 1.82) is 0 Å². The van der Waals surface area contributed by atoms with Gasteiger partial charge in [0.25, 0.3) is 0 Å². The van der Waals surface area contributed by atoms with Gasteiger partial charge >= 0.3 is 0 Å². The Morgan fingerprint density at radius 2 is 0.529 bits per heavy atom. The van der Waals surface area contributed by atoms with Gasteiger partial charge in [-0.1, -0.05) is 194 Å². The molecule has 0 N–H and O–H groups in total. The number of rotatable bonds is 7. The minimum absolute atomic E-state index is 1.08. The molecular formula is C66H44N4. The molecule has 2 aliphatic heterocycles. The van der Waals surface area contributed by atoms with Crippen molar-refractivity contribution in [1.82, 2.24) is 4.57 Å². The lowest BCUT2D eigenvalue weighted by Gasteiger charge is -2.47. The van der Waals surface area contributed by atoms with Crippen LogP contribution in [0.4, 0.5) is 51.2 Å². The molecule has 11 aromatic carbocycles. The van der Waals surface area contributed by atoms with Crippen LogP contribution in [0.25, 0.3) is 72.0 Å². The van der Waals surface area contributed by atoms with Crippen LogP contribution < -0.4 is 14.7 Å². The number of hydrogen-bond donors (Lipinski definition) is 0. The molecule has 3 heterocycles. The Bertz CT molecular complexity index is 3670. The third-order valence-corrected chi connectivity index (χ3v) is 14.2. The third-order valence-electron chi connectivity index (χ3n) is 14.2. The average molecular weight is 893 g/mol. The third kappa shape index (κ3) is 6.38. The molecule has 328 valence electrons. The summed E-state index contributed by atoms with van der Waals surface area (Å²) in [6.45, 7) is 0. The SMILES string of the molecule is c1ccc(-c2ccc(N3c4ccc(-c5ccccc5)cc4N4c5cc(-c6ccccc6)ccc5N(c5ccc(-c6ccccc6)cc5)c5cc(-n6c7ccccc7c7ccccc76)cc3c54)cc2)cc1. The molecule has 2 aliphatic rings. The molecule has 0 bridgehead atoms. The zero-order valence-corrected chi connectivity index (χ0v) is 38.2. The molecule has 0 unspecified atom stereocenters. The monoisotopic (exact) mass is 892 g/mol. The van der Waals surface area contributed by atoms with Gasteiger partial charge in [-0.25, -0.2) is 0 Å². The van der Waals surface area contributed by atoms with Crippen molar-refractivity contribution in [3.63, 3.8) is 0 Å². The Morgan fingerprint density at radius 1 is 0.200 bits per heavy atom. The fourth-order valence-corrected chi connectivity index (χ4v) is 10.9. The minimum atomic E-state index is 1.08. The Kier molecular flexibility index (Phi) is 9.17. The summed E-state index contributed by atoms with van der Waals surface area (Å²) in [5.41, 5.74) is 22.7. The maximum atomic E-state index is 2.55. The number of fused-ring (bicyclic) bond motifs is 7. The topological polar surface area (TPSA) is 14.7 Å². The van der Waals surface area contributed by atoms with E-state index >= 15 is 0 Å². The van der Waals surface area contributed by atoms with Crippen molar-refractivity contribution in [3.8, 4) is 50.2 Å². The van der Waals surface area contributed by atoms with E-state index in [2.05, 4.69) is 286 Å². The summed E-state index contributed by atoms with van der Waals surface area (Å²) in [5.74, 6) is 0. The molecule has 0 saturated heterocycles. The lowest BCUT2D eigenvalue weighted by atomic mass is 9.94. The van der Waals surface area contributed by atoms with Crippen LogP contribution in [0.2, 0.25) is 0 Å². The second-order valence-electron chi connectivity index (χ2n) is 18.2. The van der Waals surface area contributed by atoms with Gasteiger partial charge in [-0.2, -0.15) is 0 Å². The summed E-state index contributed by atoms with van der Waals surface area (Å²) in [4.78, 5) is 7.54. The fourth-order valence-electron chi connectivity index (χ4n) is 10.9. The lowest BCUT2D eigenvalue weighted by molar-refractivity contribution is 1.10. The zero-order valence-electron chi connectivity index (χ0n) is 38.2. The van der Waals surface area contributed by atoms with E-state index in [1.165, 1.54) is 44.2 Å². The Balaban J connectivity index is 1.09. The summed E-state index contributed by atoms with van der Waals surface area (Å²) in [6, 6.07) is 97.5. The van der Waals surface area contributed by atoms with Gasteiger partial charge in [-0.3, -0.25) is 0 Å². The van der Waals surface area contributed by atoms with Crippen molar-refractivity contribution in [2.24, 2.45) is 0 Å². The summed E-state index contributed by atoms with van der Waals surface area (Å²) >= 11 is 0. The summed E-state index contributed by atoms with van der Waals surface area (Å²) < 4.78 is 2.46. The first-order chi connectivity index (χ1) is 34.7. The van der Waals surface area contributed by atoms with Crippen LogP contribution in [-0.2, 0) is 0 Å². The molecule has 0 fully saturated rings. The summed E-state index contributed by atoms with van der Waals surface area (Å²) in [6.07, 6.45) is 0. The predicted molar refractivity (Wildman–Crippen MR) is 294 cm³/mol. The van der Waals surface area contributed by atoms with E-state index in [0.717, 1.165) is 79.0 Å². The van der Waals surface area contributed by atoms with Crippen LogP contribution in [0.5, 0.6) is 0 Å². The Hall–Kier alpha value is -9.38. The highest BCUT2D eigenvalue weighted by Crippen LogP contribution is 2.64. The van der Waals surface area contributed by atoms with Gasteiger partial charge in [0.1, 0.15) is 0 Å². The van der Waals surface area contributed by atoms with Gasteiger partial charge in [0, 0.05) is 22.1 Å². The first-order valence-corrected chi connectivity index (χ1v) is 24.0. The molecule has 0 amide bonds. The summed E-state index contributed by atoms with van der Waals surface area (Å²) in [7, 11) is 0. The van der Waals surface area contributed by atoms with Crippen molar-refractivity contribution >= 4 is 73.0 Å². The van der Waals surface area contributed by atoms with Crippen LogP contribution in [0, 0.1) is 0 Å². The van der Waals surface area contributed by atoms with E-state index in [9.17, 15) is 0 Å². The van der Waals surface area contributed by atoms with Crippen LogP contribution in [0.15, 0.2) is 267 Å². The second-order valence-corrected chi connectivity index (χ2v) is 18.2. The second kappa shape index (κ2) is 16.2. The number of benzene rings is 11. The summed E-state index contributed by atoms with van der Waals surface area (Å²) in [5, 5.41) is 2.45. The van der Waals surface area contributed by atoms with E-state index < -0.39 is 0 Å². The normalized spacial score (nSPS) is 12.5. The Morgan fingerprint density at radius 3 is 0.929 bits per heavy atom. The molecule has 12 aromatic rings. The molecule has 0 atom stereocenters. The van der Waals surface area contributed by atoms with Gasteiger partial charge in [0.2, 0.25) is 0 Å². The first-order valence-electron chi connectivity index (χ1n) is 24.0. The van der Waals surface area contributed by atoms with Crippen molar-refractivity contribution in [2.45, 2.75) is 0 Å². The van der Waals surface area contributed by atoms with E-state index in [0.29, 0.717) is 0 Å². The fraction of sp³-hybridized carbons (Fsp3) is 0. The molecular weight excluding hydrogens is 849 g/mol. The van der Waals surface area contributed by atoms with Crippen LogP contribution in [-0.4, -0.2) is 4.57 Å². The van der Waals surface area contributed by atoms with E-state index in [-0.39, 0.29) is 0 Å². The van der Waals surface area contributed by atoms with Crippen LogP contribution in [0.3, 0.4) is 0 Å². The standard InChI is InChI=1S/C66H44N4/c1-5-17-45(18-6-1)49-29-35-53(36-30-49)67-60-39-33-51(47-21-9-3-10-22-47)41-62(60)70-63-42-52(48-23-11-4-12-24-48)34-40-61(63)68(54-37-31-50(32-38-54)46-19-7-2-8-20-46)65-44-55(43-64(67)66(65)70)69-58-27-15-13-25-56(58)57-26-14-16-28-59(57)69/h1-44H. The maximum absolute atomic E-state index is 2.55. The predicted octanol–water partition coefficient (Wildman–Crippen LogP) is 18.5. The maximum Gasteiger partial charge on any atom is 0.0949 e. The van der Waals surface area contributed by atoms with Crippen molar-refractivity contribution in [2.75, 3.05) is 14.7 Å². The van der Waals surface area contributed by atoms with Gasteiger partial charge in [-0.05, 0) is 117 Å². The lowest BCUT2D eigenvalue weighted by Crippen LogP contribution is -2.30. The molecule has 14 rings (SSSR count). The molecule has 70 heavy (non-hydrogen) atoms. The number of aromatic nitrogens is 1. The highest BCUT2D eigenvalue weighted by Gasteiger charge is 2.40. The Labute approximate surface area is 407 Å².